The molecule has 0 aliphatic carbocycles. The van der Waals surface area contributed by atoms with E-state index >= 15 is 0 Å². The Hall–Kier alpha value is -4.90. The number of hydrogen-bond donors (Lipinski definition) is 1. The number of fused-ring (bicyclic) bond motifs is 4. The Balaban J connectivity index is 1.36. The number of rotatable bonds is 7. The quantitative estimate of drug-likeness (QED) is 0.236. The molecule has 0 saturated carbocycles. The minimum Gasteiger partial charge on any atom is -0.492 e. The molecule has 226 valence electrons. The van der Waals surface area contributed by atoms with Gasteiger partial charge in [-0.05, 0) is 61.1 Å². The molecule has 1 fully saturated rings. The van der Waals surface area contributed by atoms with Gasteiger partial charge in [-0.2, -0.15) is 0 Å². The maximum Gasteiger partial charge on any atom is 0.259 e. The molecule has 0 spiro atoms. The van der Waals surface area contributed by atoms with Gasteiger partial charge in [0.1, 0.15) is 11.6 Å². The highest BCUT2D eigenvalue weighted by molar-refractivity contribution is 7.17. The van der Waals surface area contributed by atoms with E-state index in [0.29, 0.717) is 64.0 Å². The van der Waals surface area contributed by atoms with Crippen LogP contribution in [-0.2, 0) is 12.8 Å². The van der Waals surface area contributed by atoms with Gasteiger partial charge in [0.2, 0.25) is 11.8 Å². The number of primary amides is 1. The SMILES string of the molecule is Cc1nnc(-c2c(CCc3ccc(F)cc3)nc3c(c2-c2cc([C@H]4COc5ccccc54)c(C(N)=O)s2)C(=O)N2CCC[C@@H]32)o1. The van der Waals surface area contributed by atoms with E-state index in [9.17, 15) is 14.0 Å². The van der Waals surface area contributed by atoms with Gasteiger partial charge in [0.25, 0.3) is 11.8 Å². The van der Waals surface area contributed by atoms with E-state index in [0.717, 1.165) is 41.0 Å². The first-order chi connectivity index (χ1) is 21.9. The van der Waals surface area contributed by atoms with Crippen LogP contribution in [0.2, 0.25) is 0 Å². The summed E-state index contributed by atoms with van der Waals surface area (Å²) in [6, 6.07) is 16.0. The fourth-order valence-corrected chi connectivity index (χ4v) is 8.05. The Bertz CT molecular complexity index is 2000. The summed E-state index contributed by atoms with van der Waals surface area (Å²) in [5, 5.41) is 8.49. The van der Waals surface area contributed by atoms with Gasteiger partial charge in [-0.15, -0.1) is 21.5 Å². The lowest BCUT2D eigenvalue weighted by Gasteiger charge is -2.16. The van der Waals surface area contributed by atoms with E-state index in [-0.39, 0.29) is 29.6 Å². The molecule has 9 nitrogen and oxygen atoms in total. The van der Waals surface area contributed by atoms with Crippen LogP contribution in [-0.4, -0.2) is 45.0 Å². The van der Waals surface area contributed by atoms with Gasteiger partial charge in [-0.25, -0.2) is 4.39 Å². The van der Waals surface area contributed by atoms with E-state index in [4.69, 9.17) is 19.9 Å². The third-order valence-corrected chi connectivity index (χ3v) is 10.1. The molecular weight excluding hydrogens is 593 g/mol. The Morgan fingerprint density at radius 1 is 1.07 bits per heavy atom. The lowest BCUT2D eigenvalue weighted by molar-refractivity contribution is 0.0776. The Morgan fingerprint density at radius 2 is 1.89 bits per heavy atom. The zero-order valence-corrected chi connectivity index (χ0v) is 25.2. The second kappa shape index (κ2) is 10.6. The van der Waals surface area contributed by atoms with Crippen LogP contribution in [0.3, 0.4) is 0 Å². The van der Waals surface area contributed by atoms with Crippen molar-refractivity contribution < 1.29 is 23.1 Å². The molecule has 1 saturated heterocycles. The molecular formula is C34H28FN5O4S. The van der Waals surface area contributed by atoms with Crippen molar-refractivity contribution in [2.75, 3.05) is 13.2 Å². The summed E-state index contributed by atoms with van der Waals surface area (Å²) in [7, 11) is 0. The first kappa shape index (κ1) is 27.6. The topological polar surface area (TPSA) is 124 Å². The molecule has 2 atom stereocenters. The van der Waals surface area contributed by atoms with E-state index in [1.165, 1.54) is 23.5 Å². The summed E-state index contributed by atoms with van der Waals surface area (Å²) in [5.74, 6) is 0.255. The summed E-state index contributed by atoms with van der Waals surface area (Å²) in [4.78, 5) is 35.2. The average Bonchev–Trinajstić information content (AvgIpc) is 3.86. The smallest absolute Gasteiger partial charge is 0.259 e. The Morgan fingerprint density at radius 3 is 2.67 bits per heavy atom. The number of amides is 2. The number of benzene rings is 2. The van der Waals surface area contributed by atoms with E-state index < -0.39 is 5.91 Å². The monoisotopic (exact) mass is 621 g/mol. The van der Waals surface area contributed by atoms with Gasteiger partial charge < -0.3 is 19.8 Å². The number of nitrogens with two attached hydrogens (primary N) is 1. The first-order valence-electron chi connectivity index (χ1n) is 15.0. The molecule has 3 aliphatic rings. The summed E-state index contributed by atoms with van der Waals surface area (Å²) in [6.07, 6.45) is 2.78. The van der Waals surface area contributed by atoms with Crippen molar-refractivity contribution >= 4 is 23.2 Å². The van der Waals surface area contributed by atoms with Crippen molar-refractivity contribution in [1.29, 1.82) is 0 Å². The molecule has 0 bridgehead atoms. The summed E-state index contributed by atoms with van der Waals surface area (Å²) < 4.78 is 25.7. The van der Waals surface area contributed by atoms with Gasteiger partial charge in [-0.3, -0.25) is 14.6 Å². The van der Waals surface area contributed by atoms with Gasteiger partial charge in [-0.1, -0.05) is 30.3 Å². The summed E-state index contributed by atoms with van der Waals surface area (Å²) >= 11 is 1.26. The highest BCUT2D eigenvalue weighted by Crippen LogP contribution is 2.51. The predicted molar refractivity (Wildman–Crippen MR) is 165 cm³/mol. The molecule has 2 N–H and O–H groups in total. The molecule has 11 heteroatoms. The van der Waals surface area contributed by atoms with Gasteiger partial charge in [0, 0.05) is 35.4 Å². The van der Waals surface area contributed by atoms with Crippen molar-refractivity contribution in [3.05, 3.63) is 105 Å². The molecule has 2 amide bonds. The van der Waals surface area contributed by atoms with Crippen LogP contribution in [0.25, 0.3) is 21.9 Å². The van der Waals surface area contributed by atoms with Crippen LogP contribution < -0.4 is 10.5 Å². The molecule has 0 unspecified atom stereocenters. The van der Waals surface area contributed by atoms with Crippen molar-refractivity contribution in [2.45, 2.75) is 44.6 Å². The first-order valence-corrected chi connectivity index (χ1v) is 15.8. The number of pyridine rings is 1. The van der Waals surface area contributed by atoms with Crippen LogP contribution in [0.1, 0.15) is 78.8 Å². The number of aromatic nitrogens is 3. The lowest BCUT2D eigenvalue weighted by Crippen LogP contribution is -2.22. The maximum atomic E-state index is 14.1. The zero-order valence-electron chi connectivity index (χ0n) is 24.4. The number of carbonyl (C=O) groups is 2. The van der Waals surface area contributed by atoms with Crippen molar-refractivity contribution in [1.82, 2.24) is 20.1 Å². The highest BCUT2D eigenvalue weighted by atomic mass is 32.1. The number of ether oxygens (including phenoxy) is 1. The predicted octanol–water partition coefficient (Wildman–Crippen LogP) is 6.01. The highest BCUT2D eigenvalue weighted by Gasteiger charge is 2.45. The minimum absolute atomic E-state index is 0.0947. The second-order valence-corrected chi connectivity index (χ2v) is 12.7. The molecule has 6 heterocycles. The second-order valence-electron chi connectivity index (χ2n) is 11.6. The fraction of sp³-hybridized carbons (Fsp3) is 0.265. The molecule has 3 aliphatic heterocycles. The molecule has 45 heavy (non-hydrogen) atoms. The number of nitrogens with zero attached hydrogens (tertiary/aromatic N) is 4. The normalized spacial score (nSPS) is 18.2. The number of para-hydroxylation sites is 1. The Kier molecular flexibility index (Phi) is 6.52. The van der Waals surface area contributed by atoms with Crippen molar-refractivity contribution in [3.63, 3.8) is 0 Å². The fourth-order valence-electron chi connectivity index (χ4n) is 6.92. The van der Waals surface area contributed by atoms with E-state index in [2.05, 4.69) is 10.2 Å². The van der Waals surface area contributed by atoms with Crippen LogP contribution in [0.4, 0.5) is 4.39 Å². The van der Waals surface area contributed by atoms with E-state index in [1.54, 1.807) is 19.1 Å². The van der Waals surface area contributed by atoms with Gasteiger partial charge in [0.05, 0.1) is 40.0 Å². The number of aryl methyl sites for hydroxylation is 3. The third kappa shape index (κ3) is 4.52. The summed E-state index contributed by atoms with van der Waals surface area (Å²) in [6.45, 7) is 2.73. The number of hydrogen-bond acceptors (Lipinski definition) is 8. The van der Waals surface area contributed by atoms with Gasteiger partial charge in [0.15, 0.2) is 0 Å². The maximum absolute atomic E-state index is 14.1. The zero-order chi connectivity index (χ0) is 30.8. The lowest BCUT2D eigenvalue weighted by atomic mass is 9.90. The van der Waals surface area contributed by atoms with Crippen LogP contribution in [0.5, 0.6) is 5.75 Å². The molecule has 2 aromatic carbocycles. The van der Waals surface area contributed by atoms with Crippen molar-refractivity contribution in [2.24, 2.45) is 5.73 Å². The standard InChI is InChI=1S/C34H28FN5O4S/c1-17-38-39-33(44-17)27-23(13-10-18-8-11-19(35)12-9-18)37-30-24-6-4-14-40(24)34(42)29(30)28(27)26-15-21(31(45-26)32(36)41)22-16-43-25-7-3-2-5-20(22)25/h2-3,5,7-9,11-12,15,22,24H,4,6,10,13-14,16H2,1H3,(H2,36,41)/t22-,24-/m0/s1. The van der Waals surface area contributed by atoms with E-state index in [1.807, 2.05) is 35.2 Å². The number of thiophene rings is 1. The molecule has 5 aromatic rings. The minimum atomic E-state index is -0.546. The average molecular weight is 622 g/mol. The largest absolute Gasteiger partial charge is 0.492 e. The Labute approximate surface area is 261 Å². The van der Waals surface area contributed by atoms with Crippen molar-refractivity contribution in [3.8, 4) is 27.6 Å². The molecule has 3 aromatic heterocycles. The number of halogens is 1. The van der Waals surface area contributed by atoms with Crippen LogP contribution in [0.15, 0.2) is 59.0 Å². The third-order valence-electron chi connectivity index (χ3n) is 8.95. The van der Waals surface area contributed by atoms with Crippen LogP contribution >= 0.6 is 11.3 Å². The van der Waals surface area contributed by atoms with Gasteiger partial charge >= 0.3 is 0 Å². The van der Waals surface area contributed by atoms with Crippen LogP contribution in [0, 0.1) is 12.7 Å². The molecule has 8 rings (SSSR count). The summed E-state index contributed by atoms with van der Waals surface area (Å²) in [5.41, 5.74) is 11.8. The molecule has 0 radical (unpaired) electrons. The number of carbonyl (C=O) groups excluding carboxylic acids is 2.